The van der Waals surface area contributed by atoms with E-state index < -0.39 is 21.4 Å². The summed E-state index contributed by atoms with van der Waals surface area (Å²) in [5.41, 5.74) is 0.255. The molecule has 4 rings (SSSR count). The lowest BCUT2D eigenvalue weighted by molar-refractivity contribution is 0.103. The van der Waals surface area contributed by atoms with Gasteiger partial charge in [-0.2, -0.15) is 0 Å². The number of pyridine rings is 1. The summed E-state index contributed by atoms with van der Waals surface area (Å²) in [6.07, 6.45) is 7.84. The molecule has 31 heavy (non-hydrogen) atoms. The number of nitrogens with zero attached hydrogens (tertiary/aromatic N) is 3. The molecule has 8 nitrogen and oxygen atoms in total. The van der Waals surface area contributed by atoms with Gasteiger partial charge in [0.15, 0.2) is 11.5 Å². The topological polar surface area (TPSA) is 111 Å². The molecule has 0 bridgehead atoms. The van der Waals surface area contributed by atoms with Gasteiger partial charge < -0.3 is 0 Å². The number of hydrogen-bond acceptors (Lipinski definition) is 6. The van der Waals surface area contributed by atoms with Crippen LogP contribution in [0.25, 0.3) is 16.7 Å². The van der Waals surface area contributed by atoms with Gasteiger partial charge in [-0.3, -0.25) is 14.2 Å². The molecule has 0 atom stereocenters. The van der Waals surface area contributed by atoms with Crippen LogP contribution in [0.3, 0.4) is 0 Å². The van der Waals surface area contributed by atoms with Crippen LogP contribution in [0.2, 0.25) is 0 Å². The molecular weight excluding hydrogens is 416 g/mol. The minimum absolute atomic E-state index is 0.00545. The smallest absolute Gasteiger partial charge is 0.267 e. The highest BCUT2D eigenvalue weighted by atomic mass is 32.2. The minimum atomic E-state index is -3.76. The molecule has 0 spiro atoms. The van der Waals surface area contributed by atoms with E-state index in [1.165, 1.54) is 41.8 Å². The maximum atomic E-state index is 12.9. The molecule has 0 saturated carbocycles. The van der Waals surface area contributed by atoms with Crippen LogP contribution in [0.4, 0.5) is 0 Å². The fourth-order valence-electron chi connectivity index (χ4n) is 3.77. The number of carbonyl (C=O) groups is 1. The Labute approximate surface area is 180 Å². The van der Waals surface area contributed by atoms with Crippen LogP contribution in [-0.2, 0) is 10.0 Å². The predicted molar refractivity (Wildman–Crippen MR) is 117 cm³/mol. The van der Waals surface area contributed by atoms with Crippen molar-refractivity contribution in [2.45, 2.75) is 50.3 Å². The lowest BCUT2D eigenvalue weighted by Gasteiger charge is -2.09. The third-order valence-electron chi connectivity index (χ3n) is 5.43. The van der Waals surface area contributed by atoms with Gasteiger partial charge in [0.1, 0.15) is 0 Å². The summed E-state index contributed by atoms with van der Waals surface area (Å²) in [6, 6.07) is 7.42. The summed E-state index contributed by atoms with van der Waals surface area (Å²) in [5, 5.41) is 0.296. The molecule has 2 aromatic heterocycles. The van der Waals surface area contributed by atoms with Gasteiger partial charge in [-0.25, -0.2) is 23.1 Å². The molecule has 0 radical (unpaired) electrons. The van der Waals surface area contributed by atoms with Gasteiger partial charge >= 0.3 is 0 Å². The standard InChI is InChI=1S/C22H24N4O4S/c1-2-3-4-5-6-7-13-24-31(29,30)15-10-11-18-17(14-15)19(27)21-25-20-16(9-8-12-23-20)22(28)26(18)21/h8-12,14,24H,2-7,13H2,1H3. The molecule has 0 amide bonds. The number of benzene rings is 1. The first kappa shape index (κ1) is 21.3. The quantitative estimate of drug-likeness (QED) is 0.401. The number of unbranched alkanes of at least 4 members (excludes halogenated alkanes) is 5. The average Bonchev–Trinajstić information content (AvgIpc) is 3.05. The van der Waals surface area contributed by atoms with E-state index in [1.807, 2.05) is 0 Å². The molecule has 162 valence electrons. The van der Waals surface area contributed by atoms with Crippen molar-refractivity contribution in [1.29, 1.82) is 0 Å². The van der Waals surface area contributed by atoms with Gasteiger partial charge in [-0.05, 0) is 36.8 Å². The Hall–Kier alpha value is -2.91. The second-order valence-electron chi connectivity index (χ2n) is 7.62. The van der Waals surface area contributed by atoms with Crippen molar-refractivity contribution in [2.75, 3.05) is 6.54 Å². The highest BCUT2D eigenvalue weighted by Crippen LogP contribution is 2.28. The number of carbonyl (C=O) groups excluding carboxylic acids is 1. The molecule has 1 aromatic carbocycles. The van der Waals surface area contributed by atoms with Gasteiger partial charge in [0.25, 0.3) is 5.56 Å². The van der Waals surface area contributed by atoms with Crippen molar-refractivity contribution in [3.8, 4) is 5.69 Å². The van der Waals surface area contributed by atoms with Crippen LogP contribution in [0.15, 0.2) is 46.2 Å². The predicted octanol–water partition coefficient (Wildman–Crippen LogP) is 2.96. The lowest BCUT2D eigenvalue weighted by Crippen LogP contribution is -2.25. The SMILES string of the molecule is CCCCCCCCNS(=O)(=O)c1ccc2c(c1)C(=O)c1nc3ncccc3c(=O)n1-2. The number of fused-ring (bicyclic) bond motifs is 4. The summed E-state index contributed by atoms with van der Waals surface area (Å²) < 4.78 is 29.2. The number of aromatic nitrogens is 3. The van der Waals surface area contributed by atoms with Crippen LogP contribution in [0.5, 0.6) is 0 Å². The Bertz CT molecular complexity index is 1310. The maximum Gasteiger partial charge on any atom is 0.267 e. The number of ketones is 1. The highest BCUT2D eigenvalue weighted by molar-refractivity contribution is 7.89. The normalized spacial score (nSPS) is 12.9. The zero-order valence-corrected chi connectivity index (χ0v) is 18.1. The Morgan fingerprint density at radius 3 is 2.61 bits per heavy atom. The van der Waals surface area contributed by atoms with Crippen LogP contribution in [-0.4, -0.2) is 35.3 Å². The first-order chi connectivity index (χ1) is 14.9. The molecule has 1 aliphatic heterocycles. The van der Waals surface area contributed by atoms with Crippen LogP contribution >= 0.6 is 0 Å². The molecule has 3 aromatic rings. The summed E-state index contributed by atoms with van der Waals surface area (Å²) in [5.74, 6) is -0.548. The number of sulfonamides is 1. The first-order valence-corrected chi connectivity index (χ1v) is 12.0. The fourth-order valence-corrected chi connectivity index (χ4v) is 4.87. The molecule has 0 aliphatic carbocycles. The molecule has 9 heteroatoms. The summed E-state index contributed by atoms with van der Waals surface area (Å²) in [4.78, 5) is 34.0. The Morgan fingerprint density at radius 2 is 1.81 bits per heavy atom. The first-order valence-electron chi connectivity index (χ1n) is 10.5. The average molecular weight is 441 g/mol. The number of rotatable bonds is 9. The van der Waals surface area contributed by atoms with Crippen LogP contribution < -0.4 is 10.3 Å². The number of nitrogens with one attached hydrogen (secondary N) is 1. The van der Waals surface area contributed by atoms with E-state index in [1.54, 1.807) is 12.1 Å². The highest BCUT2D eigenvalue weighted by Gasteiger charge is 2.32. The number of hydrogen-bond donors (Lipinski definition) is 1. The maximum absolute atomic E-state index is 12.9. The van der Waals surface area contributed by atoms with Gasteiger partial charge in [-0.1, -0.05) is 39.0 Å². The van der Waals surface area contributed by atoms with E-state index in [2.05, 4.69) is 21.6 Å². The minimum Gasteiger partial charge on any atom is -0.285 e. The molecule has 0 fully saturated rings. The second kappa shape index (κ2) is 8.68. The molecule has 0 unspecified atom stereocenters. The Balaban J connectivity index is 1.57. The molecule has 1 N–H and O–H groups in total. The van der Waals surface area contributed by atoms with Crippen molar-refractivity contribution in [3.05, 3.63) is 58.3 Å². The van der Waals surface area contributed by atoms with Crippen molar-refractivity contribution in [2.24, 2.45) is 0 Å². The van der Waals surface area contributed by atoms with E-state index in [4.69, 9.17) is 0 Å². The lowest BCUT2D eigenvalue weighted by atomic mass is 10.1. The van der Waals surface area contributed by atoms with E-state index in [9.17, 15) is 18.0 Å². The fraction of sp³-hybridized carbons (Fsp3) is 0.364. The molecule has 3 heterocycles. The molecule has 1 aliphatic rings. The summed E-state index contributed by atoms with van der Waals surface area (Å²) in [7, 11) is -3.76. The van der Waals surface area contributed by atoms with E-state index in [0.29, 0.717) is 17.6 Å². The van der Waals surface area contributed by atoms with E-state index in [0.717, 1.165) is 25.7 Å². The van der Waals surface area contributed by atoms with Crippen molar-refractivity contribution >= 4 is 26.8 Å². The third-order valence-corrected chi connectivity index (χ3v) is 6.89. The van der Waals surface area contributed by atoms with Gasteiger partial charge in [0.2, 0.25) is 15.8 Å². The van der Waals surface area contributed by atoms with Crippen molar-refractivity contribution < 1.29 is 13.2 Å². The zero-order valence-electron chi connectivity index (χ0n) is 17.3. The Kier molecular flexibility index (Phi) is 5.97. The van der Waals surface area contributed by atoms with Gasteiger partial charge in [-0.15, -0.1) is 0 Å². The third kappa shape index (κ3) is 4.03. The zero-order chi connectivity index (χ0) is 22.0. The van der Waals surface area contributed by atoms with Crippen molar-refractivity contribution in [1.82, 2.24) is 19.3 Å². The summed E-state index contributed by atoms with van der Waals surface area (Å²) >= 11 is 0. The van der Waals surface area contributed by atoms with Crippen LogP contribution in [0, 0.1) is 0 Å². The van der Waals surface area contributed by atoms with Gasteiger partial charge in [0.05, 0.1) is 21.5 Å². The molecule has 0 saturated heterocycles. The summed E-state index contributed by atoms with van der Waals surface area (Å²) in [6.45, 7) is 2.50. The Morgan fingerprint density at radius 1 is 1.03 bits per heavy atom. The van der Waals surface area contributed by atoms with E-state index >= 15 is 0 Å². The monoisotopic (exact) mass is 440 g/mol. The van der Waals surface area contributed by atoms with E-state index in [-0.39, 0.29) is 21.9 Å². The molecular formula is C22H24N4O4S. The van der Waals surface area contributed by atoms with Gasteiger partial charge in [0, 0.05) is 12.7 Å². The van der Waals surface area contributed by atoms with Crippen molar-refractivity contribution in [3.63, 3.8) is 0 Å². The van der Waals surface area contributed by atoms with Crippen LogP contribution in [0.1, 0.15) is 61.6 Å². The second-order valence-corrected chi connectivity index (χ2v) is 9.39. The largest absolute Gasteiger partial charge is 0.285 e.